The van der Waals surface area contributed by atoms with Gasteiger partial charge in [-0.1, -0.05) is 13.8 Å². The molecule has 2 aromatic rings. The lowest BCUT2D eigenvalue weighted by molar-refractivity contribution is -0.118. The Kier molecular flexibility index (Phi) is 6.04. The van der Waals surface area contributed by atoms with Crippen LogP contribution in [0.5, 0.6) is 0 Å². The number of hydrogen-bond acceptors (Lipinski definition) is 5. The van der Waals surface area contributed by atoms with Crippen LogP contribution in [0.15, 0.2) is 47.1 Å². The lowest BCUT2D eigenvalue weighted by atomic mass is 10.0. The van der Waals surface area contributed by atoms with Crippen molar-refractivity contribution in [3.8, 4) is 0 Å². The highest BCUT2D eigenvalue weighted by molar-refractivity contribution is 7.92. The third kappa shape index (κ3) is 5.62. The topological polar surface area (TPSA) is 118 Å². The van der Waals surface area contributed by atoms with Crippen molar-refractivity contribution >= 4 is 33.2 Å². The molecule has 0 aliphatic rings. The SMILES string of the molecule is CC(C)[C@H](NC(=O)c1ccco1)C(=O)Nc1ccc(NS(C)(=O)=O)cc1. The molecule has 0 fully saturated rings. The lowest BCUT2D eigenvalue weighted by Gasteiger charge is -2.21. The normalized spacial score (nSPS) is 12.5. The van der Waals surface area contributed by atoms with Crippen LogP contribution in [0.3, 0.4) is 0 Å². The van der Waals surface area contributed by atoms with Gasteiger partial charge < -0.3 is 15.1 Å². The zero-order chi connectivity index (χ0) is 19.3. The molecule has 0 bridgehead atoms. The molecule has 9 heteroatoms. The summed E-state index contributed by atoms with van der Waals surface area (Å²) >= 11 is 0. The van der Waals surface area contributed by atoms with Gasteiger partial charge in [-0.15, -0.1) is 0 Å². The molecule has 0 saturated heterocycles. The van der Waals surface area contributed by atoms with E-state index in [0.29, 0.717) is 11.4 Å². The quantitative estimate of drug-likeness (QED) is 0.680. The average Bonchev–Trinajstić information content (AvgIpc) is 3.07. The van der Waals surface area contributed by atoms with Crippen molar-refractivity contribution in [1.29, 1.82) is 0 Å². The molecule has 0 saturated carbocycles. The summed E-state index contributed by atoms with van der Waals surface area (Å²) in [5, 5.41) is 5.35. The van der Waals surface area contributed by atoms with E-state index in [4.69, 9.17) is 4.42 Å². The molecule has 0 unspecified atom stereocenters. The van der Waals surface area contributed by atoms with Gasteiger partial charge in [-0.3, -0.25) is 14.3 Å². The fourth-order valence-electron chi connectivity index (χ4n) is 2.21. The summed E-state index contributed by atoms with van der Waals surface area (Å²) < 4.78 is 29.8. The molecular formula is C17H21N3O5S. The first-order valence-electron chi connectivity index (χ1n) is 7.89. The Morgan fingerprint density at radius 2 is 1.65 bits per heavy atom. The second kappa shape index (κ2) is 8.05. The number of carbonyl (C=O) groups excluding carboxylic acids is 2. The van der Waals surface area contributed by atoms with Crippen molar-refractivity contribution in [2.75, 3.05) is 16.3 Å². The van der Waals surface area contributed by atoms with Gasteiger partial charge in [0, 0.05) is 11.4 Å². The number of furan rings is 1. The van der Waals surface area contributed by atoms with Crippen molar-refractivity contribution in [3.63, 3.8) is 0 Å². The van der Waals surface area contributed by atoms with Gasteiger partial charge in [-0.25, -0.2) is 8.42 Å². The predicted octanol–water partition coefficient (Wildman–Crippen LogP) is 2.04. The zero-order valence-corrected chi connectivity index (χ0v) is 15.5. The Balaban J connectivity index is 2.04. The standard InChI is InChI=1S/C17H21N3O5S/c1-11(2)15(19-16(21)14-5-4-10-25-14)17(22)18-12-6-8-13(9-7-12)20-26(3,23)24/h4-11,15,20H,1-3H3,(H,18,22)(H,19,21)/t15-/m0/s1. The summed E-state index contributed by atoms with van der Waals surface area (Å²) in [4.78, 5) is 24.6. The molecule has 8 nitrogen and oxygen atoms in total. The van der Waals surface area contributed by atoms with Crippen LogP contribution in [0.2, 0.25) is 0 Å². The smallest absolute Gasteiger partial charge is 0.287 e. The van der Waals surface area contributed by atoms with Crippen molar-refractivity contribution in [2.24, 2.45) is 5.92 Å². The highest BCUT2D eigenvalue weighted by Crippen LogP contribution is 2.16. The molecule has 0 radical (unpaired) electrons. The molecule has 0 spiro atoms. The van der Waals surface area contributed by atoms with E-state index in [1.807, 2.05) is 13.8 Å². The highest BCUT2D eigenvalue weighted by atomic mass is 32.2. The summed E-state index contributed by atoms with van der Waals surface area (Å²) in [5.74, 6) is -0.889. The second-order valence-electron chi connectivity index (χ2n) is 6.11. The number of benzene rings is 1. The van der Waals surface area contributed by atoms with Gasteiger partial charge in [-0.05, 0) is 42.3 Å². The fraction of sp³-hybridized carbons (Fsp3) is 0.294. The number of rotatable bonds is 7. The Hall–Kier alpha value is -2.81. The van der Waals surface area contributed by atoms with E-state index in [0.717, 1.165) is 6.26 Å². The maximum Gasteiger partial charge on any atom is 0.287 e. The van der Waals surface area contributed by atoms with Gasteiger partial charge >= 0.3 is 0 Å². The van der Waals surface area contributed by atoms with Crippen LogP contribution in [0.1, 0.15) is 24.4 Å². The van der Waals surface area contributed by atoms with Crippen molar-refractivity contribution in [1.82, 2.24) is 5.32 Å². The summed E-state index contributed by atoms with van der Waals surface area (Å²) in [6, 6.07) is 8.53. The predicted molar refractivity (Wildman–Crippen MR) is 98.3 cm³/mol. The van der Waals surface area contributed by atoms with E-state index in [9.17, 15) is 18.0 Å². The van der Waals surface area contributed by atoms with Gasteiger partial charge in [0.2, 0.25) is 15.9 Å². The maximum atomic E-state index is 12.5. The summed E-state index contributed by atoms with van der Waals surface area (Å²) in [5.41, 5.74) is 0.865. The molecular weight excluding hydrogens is 358 g/mol. The first kappa shape index (κ1) is 19.5. The van der Waals surface area contributed by atoms with Crippen molar-refractivity contribution < 1.29 is 22.4 Å². The van der Waals surface area contributed by atoms with E-state index < -0.39 is 22.0 Å². The number of amides is 2. The molecule has 140 valence electrons. The largest absolute Gasteiger partial charge is 0.459 e. The Morgan fingerprint density at radius 1 is 1.04 bits per heavy atom. The monoisotopic (exact) mass is 379 g/mol. The van der Waals surface area contributed by atoms with Crippen LogP contribution >= 0.6 is 0 Å². The fourth-order valence-corrected chi connectivity index (χ4v) is 2.78. The van der Waals surface area contributed by atoms with E-state index in [1.165, 1.54) is 24.5 Å². The zero-order valence-electron chi connectivity index (χ0n) is 14.6. The minimum atomic E-state index is -3.37. The van der Waals surface area contributed by atoms with E-state index in [-0.39, 0.29) is 17.6 Å². The molecule has 26 heavy (non-hydrogen) atoms. The lowest BCUT2D eigenvalue weighted by Crippen LogP contribution is -2.47. The molecule has 0 aliphatic carbocycles. The molecule has 2 amide bonds. The van der Waals surface area contributed by atoms with Gasteiger partial charge in [0.1, 0.15) is 6.04 Å². The minimum Gasteiger partial charge on any atom is -0.459 e. The number of nitrogens with one attached hydrogen (secondary N) is 3. The van der Waals surface area contributed by atoms with Gasteiger partial charge in [0.15, 0.2) is 5.76 Å². The summed E-state index contributed by atoms with van der Waals surface area (Å²) in [6.07, 6.45) is 2.43. The van der Waals surface area contributed by atoms with Crippen molar-refractivity contribution in [3.05, 3.63) is 48.4 Å². The summed E-state index contributed by atoms with van der Waals surface area (Å²) in [6.45, 7) is 3.62. The van der Waals surface area contributed by atoms with Gasteiger partial charge in [0.25, 0.3) is 5.91 Å². The first-order valence-corrected chi connectivity index (χ1v) is 9.78. The number of carbonyl (C=O) groups is 2. The third-order valence-corrected chi connectivity index (χ3v) is 4.04. The number of hydrogen-bond donors (Lipinski definition) is 3. The molecule has 0 aliphatic heterocycles. The third-order valence-electron chi connectivity index (χ3n) is 3.44. The molecule has 1 aromatic heterocycles. The van der Waals surface area contributed by atoms with E-state index >= 15 is 0 Å². The minimum absolute atomic E-state index is 0.125. The molecule has 1 atom stereocenters. The molecule has 3 N–H and O–H groups in total. The van der Waals surface area contributed by atoms with Gasteiger partial charge in [-0.2, -0.15) is 0 Å². The van der Waals surface area contributed by atoms with Crippen LogP contribution in [0.25, 0.3) is 0 Å². The van der Waals surface area contributed by atoms with Crippen LogP contribution in [-0.2, 0) is 14.8 Å². The van der Waals surface area contributed by atoms with Crippen molar-refractivity contribution in [2.45, 2.75) is 19.9 Å². The second-order valence-corrected chi connectivity index (χ2v) is 7.86. The van der Waals surface area contributed by atoms with E-state index in [1.54, 1.807) is 18.2 Å². The number of anilines is 2. The maximum absolute atomic E-state index is 12.5. The highest BCUT2D eigenvalue weighted by Gasteiger charge is 2.25. The van der Waals surface area contributed by atoms with Crippen LogP contribution in [0, 0.1) is 5.92 Å². The van der Waals surface area contributed by atoms with E-state index in [2.05, 4.69) is 15.4 Å². The average molecular weight is 379 g/mol. The Bertz CT molecular complexity index is 858. The van der Waals surface area contributed by atoms with Crippen LogP contribution < -0.4 is 15.4 Å². The molecule has 1 aromatic carbocycles. The van der Waals surface area contributed by atoms with Crippen LogP contribution in [0.4, 0.5) is 11.4 Å². The Labute approximate surface area is 152 Å². The molecule has 1 heterocycles. The summed E-state index contributed by atoms with van der Waals surface area (Å²) in [7, 11) is -3.37. The Morgan fingerprint density at radius 3 is 2.15 bits per heavy atom. The molecule has 2 rings (SSSR count). The van der Waals surface area contributed by atoms with Gasteiger partial charge in [0.05, 0.1) is 12.5 Å². The number of sulfonamides is 1. The first-order chi connectivity index (χ1) is 12.2. The van der Waals surface area contributed by atoms with Crippen LogP contribution in [-0.4, -0.2) is 32.5 Å².